The molecule has 4 nitrogen and oxygen atoms in total. The molecule has 54 heavy (non-hydrogen) atoms. The molecule has 0 saturated heterocycles. The van der Waals surface area contributed by atoms with E-state index in [-0.39, 0.29) is 0 Å². The molecule has 4 heteroatoms. The van der Waals surface area contributed by atoms with Crippen LogP contribution in [0.15, 0.2) is 110 Å². The summed E-state index contributed by atoms with van der Waals surface area (Å²) in [7, 11) is 0. The lowest BCUT2D eigenvalue weighted by Gasteiger charge is -2.04. The lowest BCUT2D eigenvalue weighted by atomic mass is 9.98. The van der Waals surface area contributed by atoms with E-state index >= 15 is 0 Å². The second kappa shape index (κ2) is 21.6. The predicted octanol–water partition coefficient (Wildman–Crippen LogP) is 7.40. The second-order valence-electron chi connectivity index (χ2n) is 14.0. The van der Waals surface area contributed by atoms with Crippen LogP contribution in [0.4, 0.5) is 0 Å². The summed E-state index contributed by atoms with van der Waals surface area (Å²) in [6, 6.07) is 21.2. The first kappa shape index (κ1) is 39.3. The molecule has 0 aliphatic heterocycles. The summed E-state index contributed by atoms with van der Waals surface area (Å²) in [6.45, 7) is 12.3. The molecular formula is C50H54N4+4. The Balaban J connectivity index is 1.36. The molecule has 270 valence electrons. The molecular weight excluding hydrogens is 657 g/mol. The lowest BCUT2D eigenvalue weighted by molar-refractivity contribution is -0.697. The quantitative estimate of drug-likeness (QED) is 0.0730. The van der Waals surface area contributed by atoms with Gasteiger partial charge in [0, 0.05) is 120 Å². The molecule has 4 aromatic heterocycles. The Morgan fingerprint density at radius 1 is 0.370 bits per heavy atom. The van der Waals surface area contributed by atoms with Crippen molar-refractivity contribution in [2.75, 3.05) is 0 Å². The minimum Gasteiger partial charge on any atom is -0.205 e. The van der Waals surface area contributed by atoms with Crippen LogP contribution in [0, 0.1) is 75.1 Å². The maximum absolute atomic E-state index is 3.49. The van der Waals surface area contributed by atoms with Crippen molar-refractivity contribution in [3.05, 3.63) is 155 Å². The van der Waals surface area contributed by atoms with E-state index in [1.54, 1.807) is 0 Å². The van der Waals surface area contributed by atoms with Gasteiger partial charge in [0.25, 0.3) is 0 Å². The van der Waals surface area contributed by atoms with Gasteiger partial charge in [0.15, 0.2) is 49.6 Å². The van der Waals surface area contributed by atoms with Crippen LogP contribution in [0.5, 0.6) is 0 Å². The first-order valence-corrected chi connectivity index (χ1v) is 19.4. The van der Waals surface area contributed by atoms with Crippen LogP contribution in [-0.2, 0) is 26.2 Å². The first-order valence-electron chi connectivity index (χ1n) is 19.4. The Kier molecular flexibility index (Phi) is 15.7. The van der Waals surface area contributed by atoms with Gasteiger partial charge in [0.05, 0.1) is 0 Å². The van der Waals surface area contributed by atoms with Gasteiger partial charge in [-0.05, 0) is 64.1 Å². The molecule has 0 spiro atoms. The van der Waals surface area contributed by atoms with Gasteiger partial charge in [0.1, 0.15) is 26.2 Å². The Morgan fingerprint density at radius 2 is 0.611 bits per heavy atom. The maximum Gasteiger partial charge on any atom is 0.171 e. The average molecular weight is 711 g/mol. The molecule has 4 heterocycles. The van der Waals surface area contributed by atoms with Crippen molar-refractivity contribution in [1.29, 1.82) is 0 Å². The molecule has 5 aromatic rings. The highest BCUT2D eigenvalue weighted by Gasteiger charge is 2.07. The Labute approximate surface area is 324 Å². The SMILES string of the molecule is Cc1ccc[n+](CCCC#Cc2cc(C#CCCC[n+]3cccc(C)c3)c(C#CCCC[n+]3cccc(C)c3)cc2C#CCCC[n+]2cccc(C)c2)c1. The van der Waals surface area contributed by atoms with E-state index in [2.05, 4.69) is 204 Å². The fraction of sp³-hybridized carbons (Fsp3) is 0.320. The summed E-state index contributed by atoms with van der Waals surface area (Å²) < 4.78 is 8.95. The van der Waals surface area contributed by atoms with Gasteiger partial charge in [-0.15, -0.1) is 0 Å². The van der Waals surface area contributed by atoms with Gasteiger partial charge in [0.2, 0.25) is 0 Å². The van der Waals surface area contributed by atoms with Crippen molar-refractivity contribution < 1.29 is 18.3 Å². The molecule has 0 aliphatic rings. The molecule has 0 atom stereocenters. The van der Waals surface area contributed by atoms with E-state index < -0.39 is 0 Å². The Hall–Kier alpha value is -5.94. The molecule has 0 amide bonds. The zero-order valence-corrected chi connectivity index (χ0v) is 32.7. The molecule has 0 fully saturated rings. The normalized spacial score (nSPS) is 10.1. The molecule has 0 bridgehead atoms. The largest absolute Gasteiger partial charge is 0.205 e. The number of hydrogen-bond donors (Lipinski definition) is 0. The fourth-order valence-electron chi connectivity index (χ4n) is 6.21. The predicted molar refractivity (Wildman–Crippen MR) is 216 cm³/mol. The van der Waals surface area contributed by atoms with Gasteiger partial charge < -0.3 is 0 Å². The number of pyridine rings is 4. The molecule has 0 radical (unpaired) electrons. The molecule has 0 unspecified atom stereocenters. The minimum absolute atomic E-state index is 0.805. The fourth-order valence-corrected chi connectivity index (χ4v) is 6.21. The Bertz CT molecular complexity index is 1950. The van der Waals surface area contributed by atoms with Crippen molar-refractivity contribution in [2.24, 2.45) is 0 Å². The molecule has 0 N–H and O–H groups in total. The van der Waals surface area contributed by atoms with Crippen LogP contribution < -0.4 is 18.3 Å². The van der Waals surface area contributed by atoms with Crippen LogP contribution in [-0.4, -0.2) is 0 Å². The molecule has 1 aromatic carbocycles. The van der Waals surface area contributed by atoms with Crippen molar-refractivity contribution in [3.63, 3.8) is 0 Å². The van der Waals surface area contributed by atoms with E-state index in [0.717, 1.165) is 99.8 Å². The summed E-state index contributed by atoms with van der Waals surface area (Å²) in [6.07, 6.45) is 24.4. The number of aryl methyl sites for hydroxylation is 8. The van der Waals surface area contributed by atoms with E-state index in [0.29, 0.717) is 0 Å². The van der Waals surface area contributed by atoms with E-state index in [9.17, 15) is 0 Å². The minimum atomic E-state index is 0.805. The Morgan fingerprint density at radius 3 is 0.833 bits per heavy atom. The van der Waals surface area contributed by atoms with Crippen molar-refractivity contribution in [2.45, 2.75) is 105 Å². The summed E-state index contributed by atoms with van der Waals surface area (Å²) >= 11 is 0. The molecule has 0 aliphatic carbocycles. The van der Waals surface area contributed by atoms with Crippen molar-refractivity contribution in [1.82, 2.24) is 0 Å². The highest BCUT2D eigenvalue weighted by molar-refractivity contribution is 5.61. The van der Waals surface area contributed by atoms with Gasteiger partial charge >= 0.3 is 0 Å². The topological polar surface area (TPSA) is 15.5 Å². The van der Waals surface area contributed by atoms with Crippen LogP contribution in [0.2, 0.25) is 0 Å². The number of benzene rings is 1. The van der Waals surface area contributed by atoms with Crippen molar-refractivity contribution >= 4 is 0 Å². The zero-order valence-electron chi connectivity index (χ0n) is 32.7. The van der Waals surface area contributed by atoms with Crippen molar-refractivity contribution in [3.8, 4) is 47.4 Å². The third-order valence-electron chi connectivity index (χ3n) is 8.95. The number of nitrogens with zero attached hydrogens (tertiary/aromatic N) is 4. The van der Waals surface area contributed by atoms with E-state index in [4.69, 9.17) is 0 Å². The van der Waals surface area contributed by atoms with Crippen LogP contribution in [0.1, 0.15) is 95.9 Å². The van der Waals surface area contributed by atoms with Gasteiger partial charge in [-0.1, -0.05) is 47.4 Å². The zero-order chi connectivity index (χ0) is 37.8. The third-order valence-corrected chi connectivity index (χ3v) is 8.95. The lowest BCUT2D eigenvalue weighted by Crippen LogP contribution is -2.32. The standard InChI is InChI=1S/C50H54N4/c1-43-21-17-33-51(39-43)29-13-5-9-25-47-37-49(27-11-7-15-31-53-35-19-23-45(3)41-53)50(28-12-8-16-32-54-36-20-24-46(4)42-54)38-48(47)26-10-6-14-30-52-34-18-22-44(2)40-52/h17-24,33-42H,5-8,13-16,29-32H2,1-4H3/q+4. The monoisotopic (exact) mass is 710 g/mol. The van der Waals surface area contributed by atoms with Crippen LogP contribution in [0.3, 0.4) is 0 Å². The summed E-state index contributed by atoms with van der Waals surface area (Å²) in [5, 5.41) is 0. The third kappa shape index (κ3) is 13.9. The molecule has 0 saturated carbocycles. The van der Waals surface area contributed by atoms with Gasteiger partial charge in [-0.25, -0.2) is 18.3 Å². The molecule has 5 rings (SSSR count). The van der Waals surface area contributed by atoms with Gasteiger partial charge in [-0.2, -0.15) is 0 Å². The summed E-state index contributed by atoms with van der Waals surface area (Å²) in [5.41, 5.74) is 8.78. The highest BCUT2D eigenvalue weighted by atomic mass is 14.9. The highest BCUT2D eigenvalue weighted by Crippen LogP contribution is 2.16. The van der Waals surface area contributed by atoms with Gasteiger partial charge in [-0.3, -0.25) is 0 Å². The van der Waals surface area contributed by atoms with Crippen LogP contribution in [0.25, 0.3) is 0 Å². The van der Waals surface area contributed by atoms with E-state index in [1.807, 2.05) is 0 Å². The average Bonchev–Trinajstić information content (AvgIpc) is 3.15. The second-order valence-corrected chi connectivity index (χ2v) is 14.0. The number of rotatable bonds is 12. The number of aromatic nitrogens is 4. The number of hydrogen-bond acceptors (Lipinski definition) is 0. The maximum atomic E-state index is 3.49. The summed E-state index contributed by atoms with van der Waals surface area (Å²) in [5.74, 6) is 27.8. The van der Waals surface area contributed by atoms with Crippen LogP contribution >= 0.6 is 0 Å². The first-order chi connectivity index (χ1) is 26.4. The smallest absolute Gasteiger partial charge is 0.171 e. The summed E-state index contributed by atoms with van der Waals surface area (Å²) in [4.78, 5) is 0. The van der Waals surface area contributed by atoms with E-state index in [1.165, 1.54) is 22.3 Å². The number of unbranched alkanes of at least 4 members (excludes halogenated alkanes) is 4.